The highest BCUT2D eigenvalue weighted by Crippen LogP contribution is 2.08. The van der Waals surface area contributed by atoms with E-state index in [0.717, 1.165) is 23.5 Å². The fourth-order valence-corrected chi connectivity index (χ4v) is 1.15. The predicted molar refractivity (Wildman–Crippen MR) is 48.9 cm³/mol. The third kappa shape index (κ3) is 2.29. The minimum Gasteiger partial charge on any atom is -0.254 e. The lowest BCUT2D eigenvalue weighted by Gasteiger charge is -2.06. The van der Waals surface area contributed by atoms with E-state index in [4.69, 9.17) is 0 Å². The third-order valence-corrected chi connectivity index (χ3v) is 1.71. The maximum Gasteiger partial charge on any atom is 0.112 e. The van der Waals surface area contributed by atoms with Gasteiger partial charge in [-0.2, -0.15) is 0 Å². The molecule has 0 unspecified atom stereocenters. The molecule has 1 aromatic rings. The smallest absolute Gasteiger partial charge is 0.112 e. The normalized spacial score (nSPS) is 10.8. The highest BCUT2D eigenvalue weighted by molar-refractivity contribution is 5.11. The topological polar surface area (TPSA) is 25.8 Å². The van der Waals surface area contributed by atoms with E-state index in [2.05, 4.69) is 30.0 Å². The Morgan fingerprint density at radius 1 is 1.33 bits per heavy atom. The molecule has 0 aliphatic carbocycles. The largest absolute Gasteiger partial charge is 0.254 e. The summed E-state index contributed by atoms with van der Waals surface area (Å²) in [5.41, 5.74) is 3.00. The molecule has 1 aromatic heterocycles. The molecule has 2 heteroatoms. The Balaban J connectivity index is 2.86. The zero-order chi connectivity index (χ0) is 9.14. The van der Waals surface area contributed by atoms with E-state index in [9.17, 15) is 0 Å². The Kier molecular flexibility index (Phi) is 2.79. The molecule has 0 atom stereocenters. The van der Waals surface area contributed by atoms with Crippen molar-refractivity contribution in [1.82, 2.24) is 9.97 Å². The van der Waals surface area contributed by atoms with Crippen molar-refractivity contribution >= 4 is 0 Å². The molecule has 0 aliphatic heterocycles. The van der Waals surface area contributed by atoms with Gasteiger partial charge in [-0.05, 0) is 26.2 Å². The van der Waals surface area contributed by atoms with Crippen LogP contribution in [0.2, 0.25) is 0 Å². The zero-order valence-electron chi connectivity index (χ0n) is 8.18. The van der Waals surface area contributed by atoms with Crippen molar-refractivity contribution in [2.45, 2.75) is 34.1 Å². The summed E-state index contributed by atoms with van der Waals surface area (Å²) in [5.74, 6) is 0.633. The third-order valence-electron chi connectivity index (χ3n) is 1.71. The van der Waals surface area contributed by atoms with Crippen LogP contribution in [-0.2, 0) is 6.42 Å². The van der Waals surface area contributed by atoms with E-state index in [1.54, 1.807) is 0 Å². The summed E-state index contributed by atoms with van der Waals surface area (Å²) in [6.07, 6.45) is 3.88. The minimum atomic E-state index is 0.633. The first-order valence-corrected chi connectivity index (χ1v) is 4.31. The second-order valence-electron chi connectivity index (χ2n) is 3.55. The van der Waals surface area contributed by atoms with Crippen LogP contribution in [0, 0.1) is 26.0 Å². The van der Waals surface area contributed by atoms with Gasteiger partial charge >= 0.3 is 0 Å². The average molecular weight is 163 g/mol. The highest BCUT2D eigenvalue weighted by Gasteiger charge is 2.03. The van der Waals surface area contributed by atoms with Gasteiger partial charge in [-0.3, -0.25) is 4.98 Å². The molecule has 0 saturated carbocycles. The number of aryl methyl sites for hydroxylation is 2. The van der Waals surface area contributed by atoms with E-state index in [0.29, 0.717) is 5.92 Å². The van der Waals surface area contributed by atoms with Crippen molar-refractivity contribution < 1.29 is 0 Å². The number of hydrogen-bond acceptors (Lipinski definition) is 2. The molecule has 1 radical (unpaired) electrons. The Labute approximate surface area is 74.1 Å². The lowest BCUT2D eigenvalue weighted by atomic mass is 10.1. The maximum absolute atomic E-state index is 4.31. The summed E-state index contributed by atoms with van der Waals surface area (Å²) >= 11 is 0. The Morgan fingerprint density at radius 3 is 2.50 bits per heavy atom. The average Bonchev–Trinajstić information content (AvgIpc) is 1.94. The SMILES string of the molecule is Cc1[c]nc(CC(C)C)c(C)n1. The molecule has 2 nitrogen and oxygen atoms in total. The first-order valence-electron chi connectivity index (χ1n) is 4.31. The molecule has 65 valence electrons. The fraction of sp³-hybridized carbons (Fsp3) is 0.600. The summed E-state index contributed by atoms with van der Waals surface area (Å²) in [6.45, 7) is 8.28. The zero-order valence-corrected chi connectivity index (χ0v) is 8.18. The van der Waals surface area contributed by atoms with Crippen molar-refractivity contribution in [3.05, 3.63) is 23.3 Å². The molecule has 0 aliphatic rings. The van der Waals surface area contributed by atoms with Crippen molar-refractivity contribution in [2.75, 3.05) is 0 Å². The Morgan fingerprint density at radius 2 is 2.00 bits per heavy atom. The summed E-state index contributed by atoms with van der Waals surface area (Å²) in [4.78, 5) is 8.54. The van der Waals surface area contributed by atoms with Gasteiger partial charge in [-0.25, -0.2) is 4.98 Å². The Hall–Kier alpha value is -0.920. The van der Waals surface area contributed by atoms with Gasteiger partial charge in [0.05, 0.1) is 17.1 Å². The molecule has 0 bridgehead atoms. The van der Waals surface area contributed by atoms with Crippen molar-refractivity contribution in [3.8, 4) is 0 Å². The van der Waals surface area contributed by atoms with Gasteiger partial charge in [-0.15, -0.1) is 0 Å². The molecular formula is C10H15N2. The van der Waals surface area contributed by atoms with E-state index in [1.807, 2.05) is 13.8 Å². The van der Waals surface area contributed by atoms with Crippen LogP contribution in [-0.4, -0.2) is 9.97 Å². The van der Waals surface area contributed by atoms with Crippen LogP contribution in [0.15, 0.2) is 0 Å². The first kappa shape index (κ1) is 9.17. The number of aromatic nitrogens is 2. The quantitative estimate of drug-likeness (QED) is 0.667. The van der Waals surface area contributed by atoms with Gasteiger partial charge in [0.1, 0.15) is 6.20 Å². The van der Waals surface area contributed by atoms with Gasteiger partial charge in [0.15, 0.2) is 0 Å². The first-order chi connectivity index (χ1) is 5.59. The van der Waals surface area contributed by atoms with Gasteiger partial charge in [0.2, 0.25) is 0 Å². The molecular weight excluding hydrogens is 148 g/mol. The van der Waals surface area contributed by atoms with Gasteiger partial charge < -0.3 is 0 Å². The van der Waals surface area contributed by atoms with E-state index < -0.39 is 0 Å². The minimum absolute atomic E-state index is 0.633. The van der Waals surface area contributed by atoms with Crippen LogP contribution in [0.25, 0.3) is 0 Å². The molecule has 0 fully saturated rings. The lowest BCUT2D eigenvalue weighted by molar-refractivity contribution is 0.628. The summed E-state index contributed by atoms with van der Waals surface area (Å²) in [5, 5.41) is 0. The summed E-state index contributed by atoms with van der Waals surface area (Å²) < 4.78 is 0. The number of nitrogens with zero attached hydrogens (tertiary/aromatic N) is 2. The molecule has 1 heterocycles. The molecule has 1 rings (SSSR count). The van der Waals surface area contributed by atoms with E-state index >= 15 is 0 Å². The number of rotatable bonds is 2. The van der Waals surface area contributed by atoms with Crippen molar-refractivity contribution in [2.24, 2.45) is 5.92 Å². The Bertz CT molecular complexity index is 267. The molecule has 0 aromatic carbocycles. The summed E-state index contributed by atoms with van der Waals surface area (Å²) in [6, 6.07) is 0. The van der Waals surface area contributed by atoms with E-state index in [-0.39, 0.29) is 0 Å². The summed E-state index contributed by atoms with van der Waals surface area (Å²) in [7, 11) is 0. The van der Waals surface area contributed by atoms with Crippen LogP contribution in [0.5, 0.6) is 0 Å². The van der Waals surface area contributed by atoms with Crippen LogP contribution >= 0.6 is 0 Å². The second-order valence-corrected chi connectivity index (χ2v) is 3.55. The molecule has 0 amide bonds. The molecule has 0 saturated heterocycles. The highest BCUT2D eigenvalue weighted by atomic mass is 14.8. The maximum atomic E-state index is 4.31. The van der Waals surface area contributed by atoms with Crippen LogP contribution in [0.3, 0.4) is 0 Å². The fourth-order valence-electron chi connectivity index (χ4n) is 1.15. The van der Waals surface area contributed by atoms with Crippen molar-refractivity contribution in [3.63, 3.8) is 0 Å². The number of hydrogen-bond donors (Lipinski definition) is 0. The van der Waals surface area contributed by atoms with E-state index in [1.165, 1.54) is 0 Å². The second kappa shape index (κ2) is 3.65. The van der Waals surface area contributed by atoms with Crippen LogP contribution in [0.1, 0.15) is 30.9 Å². The van der Waals surface area contributed by atoms with Gasteiger partial charge in [0.25, 0.3) is 0 Å². The predicted octanol–water partition coefficient (Wildman–Crippen LogP) is 2.09. The monoisotopic (exact) mass is 163 g/mol. The molecule has 0 spiro atoms. The molecule has 0 N–H and O–H groups in total. The standard InChI is InChI=1S/C10H15N2/c1-7(2)5-10-9(4)12-8(3)6-11-10/h7H,5H2,1-4H3. The van der Waals surface area contributed by atoms with Crippen LogP contribution < -0.4 is 0 Å². The molecule has 12 heavy (non-hydrogen) atoms. The van der Waals surface area contributed by atoms with Gasteiger partial charge in [0, 0.05) is 0 Å². The van der Waals surface area contributed by atoms with Gasteiger partial charge in [-0.1, -0.05) is 13.8 Å². The lowest BCUT2D eigenvalue weighted by Crippen LogP contribution is -2.03. The van der Waals surface area contributed by atoms with Crippen LogP contribution in [0.4, 0.5) is 0 Å². The van der Waals surface area contributed by atoms with Crippen molar-refractivity contribution in [1.29, 1.82) is 0 Å².